The molecule has 8 heteroatoms. The third-order valence-corrected chi connectivity index (χ3v) is 6.99. The van der Waals surface area contributed by atoms with Gasteiger partial charge in [0.05, 0.1) is 13.7 Å². The number of aryl methyl sites for hydroxylation is 1. The monoisotopic (exact) mass is 468 g/mol. The van der Waals surface area contributed by atoms with Gasteiger partial charge in [-0.3, -0.25) is 4.79 Å². The molecule has 2 aromatic carbocycles. The van der Waals surface area contributed by atoms with Crippen LogP contribution in [-0.4, -0.2) is 24.6 Å². The average Bonchev–Trinajstić information content (AvgIpc) is 3.40. The van der Waals surface area contributed by atoms with Gasteiger partial charge in [0.25, 0.3) is 5.91 Å². The number of fused-ring (bicyclic) bond motifs is 1. The molecule has 0 spiro atoms. The molecule has 1 amide bonds. The molecule has 0 aliphatic heterocycles. The number of benzene rings is 2. The molecule has 4 rings (SSSR count). The van der Waals surface area contributed by atoms with Crippen molar-refractivity contribution in [2.75, 3.05) is 13.7 Å². The summed E-state index contributed by atoms with van der Waals surface area (Å²) in [5, 5.41) is 5.94. The first-order chi connectivity index (χ1) is 15.6. The van der Waals surface area contributed by atoms with Gasteiger partial charge < -0.3 is 19.2 Å². The van der Waals surface area contributed by atoms with E-state index in [1.54, 1.807) is 30.2 Å². The molecule has 6 nitrogen and oxygen atoms in total. The normalized spacial score (nSPS) is 11.0. The molecule has 0 aliphatic carbocycles. The minimum atomic E-state index is -0.250. The van der Waals surface area contributed by atoms with E-state index in [9.17, 15) is 4.79 Å². The molecular formula is C24H24N2O4S2. The number of furan rings is 1. The van der Waals surface area contributed by atoms with Crippen LogP contribution in [0.3, 0.4) is 0 Å². The van der Waals surface area contributed by atoms with Gasteiger partial charge >= 0.3 is 0 Å². The van der Waals surface area contributed by atoms with Gasteiger partial charge in [-0.15, -0.1) is 11.3 Å². The van der Waals surface area contributed by atoms with E-state index in [4.69, 9.17) is 13.9 Å². The topological polar surface area (TPSA) is 73.6 Å². The molecule has 0 bridgehead atoms. The maximum Gasteiger partial charge on any atom is 0.287 e. The highest BCUT2D eigenvalue weighted by Crippen LogP contribution is 2.33. The second-order valence-corrected chi connectivity index (χ2v) is 9.13. The van der Waals surface area contributed by atoms with Crippen LogP contribution < -0.4 is 14.8 Å². The Balaban J connectivity index is 1.53. The van der Waals surface area contributed by atoms with Crippen molar-refractivity contribution in [3.63, 3.8) is 0 Å². The number of nitrogens with zero attached hydrogens (tertiary/aromatic N) is 1. The van der Waals surface area contributed by atoms with Crippen molar-refractivity contribution in [3.05, 3.63) is 70.4 Å². The molecule has 1 N–H and O–H groups in total. The van der Waals surface area contributed by atoms with Crippen LogP contribution in [0.15, 0.2) is 56.6 Å². The Morgan fingerprint density at radius 2 is 2.06 bits per heavy atom. The SMILES string of the molecule is CCOc1ccc(CNC(=O)c2oc3ccccc3c2CSc2nc(C)cs2)cc1OC. The zero-order valence-electron chi connectivity index (χ0n) is 18.1. The molecular weight excluding hydrogens is 444 g/mol. The van der Waals surface area contributed by atoms with E-state index in [0.29, 0.717) is 41.7 Å². The van der Waals surface area contributed by atoms with Crippen LogP contribution in [0.4, 0.5) is 0 Å². The Morgan fingerprint density at radius 1 is 1.22 bits per heavy atom. The zero-order valence-corrected chi connectivity index (χ0v) is 19.8. The molecule has 2 aromatic heterocycles. The number of thiazole rings is 1. The number of methoxy groups -OCH3 is 1. The van der Waals surface area contributed by atoms with Crippen molar-refractivity contribution in [1.82, 2.24) is 10.3 Å². The zero-order chi connectivity index (χ0) is 22.5. The van der Waals surface area contributed by atoms with E-state index in [0.717, 1.165) is 26.5 Å². The summed E-state index contributed by atoms with van der Waals surface area (Å²) in [6.07, 6.45) is 0. The summed E-state index contributed by atoms with van der Waals surface area (Å²) in [6, 6.07) is 13.3. The van der Waals surface area contributed by atoms with Crippen LogP contribution in [0.1, 0.15) is 34.3 Å². The molecule has 32 heavy (non-hydrogen) atoms. The van der Waals surface area contributed by atoms with Crippen molar-refractivity contribution in [2.24, 2.45) is 0 Å². The number of aromatic nitrogens is 1. The van der Waals surface area contributed by atoms with Gasteiger partial charge in [0, 0.05) is 34.3 Å². The molecule has 0 atom stereocenters. The molecule has 0 saturated carbocycles. The van der Waals surface area contributed by atoms with Crippen molar-refractivity contribution in [2.45, 2.75) is 30.5 Å². The number of thioether (sulfide) groups is 1. The quantitative estimate of drug-likeness (QED) is 0.312. The van der Waals surface area contributed by atoms with Gasteiger partial charge in [0.1, 0.15) is 9.92 Å². The van der Waals surface area contributed by atoms with Gasteiger partial charge in [0.15, 0.2) is 17.3 Å². The number of rotatable bonds is 9. The molecule has 166 valence electrons. The summed E-state index contributed by atoms with van der Waals surface area (Å²) in [7, 11) is 1.60. The summed E-state index contributed by atoms with van der Waals surface area (Å²) in [4.78, 5) is 17.6. The summed E-state index contributed by atoms with van der Waals surface area (Å²) in [6.45, 7) is 4.80. The molecule has 4 aromatic rings. The lowest BCUT2D eigenvalue weighted by Gasteiger charge is -2.11. The highest BCUT2D eigenvalue weighted by molar-refractivity contribution is 8.00. The third-order valence-electron chi connectivity index (χ3n) is 4.82. The smallest absolute Gasteiger partial charge is 0.287 e. The fourth-order valence-electron chi connectivity index (χ4n) is 3.32. The van der Waals surface area contributed by atoms with E-state index >= 15 is 0 Å². The highest BCUT2D eigenvalue weighted by atomic mass is 32.2. The average molecular weight is 469 g/mol. The molecule has 0 unspecified atom stereocenters. The number of hydrogen-bond donors (Lipinski definition) is 1. The predicted molar refractivity (Wildman–Crippen MR) is 128 cm³/mol. The number of nitrogens with one attached hydrogen (secondary N) is 1. The number of carbonyl (C=O) groups is 1. The first-order valence-electron chi connectivity index (χ1n) is 10.2. The van der Waals surface area contributed by atoms with E-state index < -0.39 is 0 Å². The first-order valence-corrected chi connectivity index (χ1v) is 12.1. The van der Waals surface area contributed by atoms with Gasteiger partial charge in [-0.05, 0) is 37.6 Å². The van der Waals surface area contributed by atoms with Crippen LogP contribution in [0.5, 0.6) is 11.5 Å². The van der Waals surface area contributed by atoms with Crippen molar-refractivity contribution < 1.29 is 18.7 Å². The predicted octanol–water partition coefficient (Wildman–Crippen LogP) is 5.83. The van der Waals surface area contributed by atoms with E-state index in [-0.39, 0.29) is 5.91 Å². The second kappa shape index (κ2) is 10.1. The van der Waals surface area contributed by atoms with Crippen LogP contribution in [-0.2, 0) is 12.3 Å². The maximum absolute atomic E-state index is 13.1. The van der Waals surface area contributed by atoms with E-state index in [1.165, 1.54) is 0 Å². The van der Waals surface area contributed by atoms with Crippen LogP contribution in [0.25, 0.3) is 11.0 Å². The molecule has 0 radical (unpaired) electrons. The summed E-state index contributed by atoms with van der Waals surface area (Å²) >= 11 is 3.21. The Kier molecular flexibility index (Phi) is 7.02. The molecule has 0 saturated heterocycles. The molecule has 0 fully saturated rings. The molecule has 2 heterocycles. The second-order valence-electron chi connectivity index (χ2n) is 7.05. The largest absolute Gasteiger partial charge is 0.493 e. The summed E-state index contributed by atoms with van der Waals surface area (Å²) < 4.78 is 17.9. The van der Waals surface area contributed by atoms with Gasteiger partial charge in [-0.25, -0.2) is 4.98 Å². The standard InChI is InChI=1S/C24H24N2O4S2/c1-4-29-20-10-9-16(11-21(20)28-3)12-25-23(27)22-18(14-32-24-26-15(2)13-31-24)17-7-5-6-8-19(17)30-22/h5-11,13H,4,12,14H2,1-3H3,(H,25,27). The number of amides is 1. The van der Waals surface area contributed by atoms with Gasteiger partial charge in [-0.1, -0.05) is 36.0 Å². The van der Waals surface area contributed by atoms with Gasteiger partial charge in [-0.2, -0.15) is 0 Å². The summed E-state index contributed by atoms with van der Waals surface area (Å²) in [5.74, 6) is 2.01. The lowest BCUT2D eigenvalue weighted by Crippen LogP contribution is -2.23. The van der Waals surface area contributed by atoms with E-state index in [2.05, 4.69) is 10.3 Å². The van der Waals surface area contributed by atoms with Crippen molar-refractivity contribution >= 4 is 40.0 Å². The fraction of sp³-hybridized carbons (Fsp3) is 0.250. The highest BCUT2D eigenvalue weighted by Gasteiger charge is 2.21. The third kappa shape index (κ3) is 4.92. The number of hydrogen-bond acceptors (Lipinski definition) is 7. The lowest BCUT2D eigenvalue weighted by atomic mass is 10.1. The number of para-hydroxylation sites is 1. The lowest BCUT2D eigenvalue weighted by molar-refractivity contribution is 0.0924. The maximum atomic E-state index is 13.1. The van der Waals surface area contributed by atoms with Crippen LogP contribution in [0.2, 0.25) is 0 Å². The minimum Gasteiger partial charge on any atom is -0.493 e. The van der Waals surface area contributed by atoms with Crippen LogP contribution >= 0.6 is 23.1 Å². The number of ether oxygens (including phenoxy) is 2. The Labute approximate surface area is 194 Å². The fourth-order valence-corrected chi connectivity index (χ4v) is 5.19. The van der Waals surface area contributed by atoms with Crippen molar-refractivity contribution in [1.29, 1.82) is 0 Å². The van der Waals surface area contributed by atoms with Gasteiger partial charge in [0.2, 0.25) is 0 Å². The minimum absolute atomic E-state index is 0.250. The number of carbonyl (C=O) groups excluding carboxylic acids is 1. The molecule has 0 aliphatic rings. The Bertz CT molecular complexity index is 1230. The Hall–Kier alpha value is -2.97. The summed E-state index contributed by atoms with van der Waals surface area (Å²) in [5.41, 5.74) is 3.48. The van der Waals surface area contributed by atoms with Crippen LogP contribution in [0, 0.1) is 6.92 Å². The Morgan fingerprint density at radius 3 is 2.81 bits per heavy atom. The first kappa shape index (κ1) is 22.2. The van der Waals surface area contributed by atoms with Crippen molar-refractivity contribution in [3.8, 4) is 11.5 Å². The van der Waals surface area contributed by atoms with E-state index in [1.807, 2.05) is 61.7 Å².